The van der Waals surface area contributed by atoms with Crippen LogP contribution in [0.1, 0.15) is 168 Å². The van der Waals surface area contributed by atoms with Crippen LogP contribution in [0.25, 0.3) is 0 Å². The molecule has 0 amide bonds. The van der Waals surface area contributed by atoms with Gasteiger partial charge in [-0.05, 0) is 25.9 Å². The summed E-state index contributed by atoms with van der Waals surface area (Å²) in [6.07, 6.45) is 31.2. The van der Waals surface area contributed by atoms with Crippen molar-refractivity contribution >= 4 is 33.5 Å². The fourth-order valence-electron chi connectivity index (χ4n) is 6.76. The molecule has 0 fully saturated rings. The monoisotopic (exact) mass is 805 g/mol. The van der Waals surface area contributed by atoms with E-state index in [1.807, 2.05) is 21.6 Å². The number of nitrogens with two attached hydrogens (primary N) is 4. The SMILES string of the molecule is CCCCCCCCCCCCCCN(CCSSCCN(CCCCCCCCCCCCCC)CC(CN)OC(=O)CN)CC(CN)OC(=O)CN. The molecule has 0 aliphatic carbocycles. The quantitative estimate of drug-likeness (QED) is 0.0267. The van der Waals surface area contributed by atoms with Gasteiger partial charge in [0, 0.05) is 50.8 Å². The Morgan fingerprint density at radius 1 is 0.444 bits per heavy atom. The lowest BCUT2D eigenvalue weighted by Gasteiger charge is -2.27. The molecule has 0 radical (unpaired) electrons. The van der Waals surface area contributed by atoms with Crippen molar-refractivity contribution in [3.63, 3.8) is 0 Å². The summed E-state index contributed by atoms with van der Waals surface area (Å²) in [5.74, 6) is 1.15. The lowest BCUT2D eigenvalue weighted by atomic mass is 10.1. The summed E-state index contributed by atoms with van der Waals surface area (Å²) in [6.45, 7) is 9.95. The molecule has 0 aromatic heterocycles. The maximum Gasteiger partial charge on any atom is 0.320 e. The van der Waals surface area contributed by atoms with Gasteiger partial charge in [-0.25, -0.2) is 0 Å². The Balaban J connectivity index is 4.66. The minimum atomic E-state index is -0.400. The van der Waals surface area contributed by atoms with E-state index in [1.54, 1.807) is 0 Å². The van der Waals surface area contributed by atoms with Crippen molar-refractivity contribution in [3.05, 3.63) is 0 Å². The Hall–Kier alpha value is -0.600. The van der Waals surface area contributed by atoms with Crippen LogP contribution in [-0.4, -0.2) is 111 Å². The molecule has 2 atom stereocenters. The number of carbonyl (C=O) groups excluding carboxylic acids is 2. The molecule has 10 nitrogen and oxygen atoms in total. The molecular weight excluding hydrogens is 717 g/mol. The molecule has 0 saturated heterocycles. The summed E-state index contributed by atoms with van der Waals surface area (Å²) in [5, 5.41) is 0. The maximum atomic E-state index is 11.9. The minimum Gasteiger partial charge on any atom is -0.459 e. The molecule has 0 heterocycles. The van der Waals surface area contributed by atoms with Crippen molar-refractivity contribution in [3.8, 4) is 0 Å². The van der Waals surface area contributed by atoms with E-state index in [0.717, 1.165) is 50.5 Å². The van der Waals surface area contributed by atoms with Crippen molar-refractivity contribution in [1.29, 1.82) is 0 Å². The van der Waals surface area contributed by atoms with Gasteiger partial charge in [0.05, 0.1) is 13.1 Å². The van der Waals surface area contributed by atoms with E-state index < -0.39 is 11.9 Å². The Morgan fingerprint density at radius 3 is 0.981 bits per heavy atom. The highest BCUT2D eigenvalue weighted by atomic mass is 33.1. The Bertz CT molecular complexity index is 755. The van der Waals surface area contributed by atoms with Crippen molar-refractivity contribution in [1.82, 2.24) is 9.80 Å². The van der Waals surface area contributed by atoms with Crippen molar-refractivity contribution in [2.75, 3.05) is 77.0 Å². The number of hydrogen-bond donors (Lipinski definition) is 4. The molecule has 0 rings (SSSR count). The number of carbonyl (C=O) groups is 2. The largest absolute Gasteiger partial charge is 0.459 e. The third-order valence-corrected chi connectivity index (χ3v) is 12.5. The molecule has 0 aromatic rings. The van der Waals surface area contributed by atoms with Crippen LogP contribution in [0, 0.1) is 0 Å². The zero-order chi connectivity index (χ0) is 39.7. The first-order chi connectivity index (χ1) is 26.4. The van der Waals surface area contributed by atoms with Crippen LogP contribution in [0.15, 0.2) is 0 Å². The fourth-order valence-corrected chi connectivity index (χ4v) is 8.81. The summed E-state index contributed by atoms with van der Waals surface area (Å²) in [7, 11) is 3.77. The van der Waals surface area contributed by atoms with Gasteiger partial charge >= 0.3 is 11.9 Å². The molecule has 0 saturated carbocycles. The highest BCUT2D eigenvalue weighted by molar-refractivity contribution is 8.76. The molecule has 322 valence electrons. The average molecular weight is 805 g/mol. The van der Waals surface area contributed by atoms with Crippen LogP contribution < -0.4 is 22.9 Å². The molecule has 0 aliphatic heterocycles. The molecular formula is C42H88N6O4S2. The van der Waals surface area contributed by atoms with E-state index in [9.17, 15) is 9.59 Å². The molecule has 0 aromatic carbocycles. The number of hydrogen-bond acceptors (Lipinski definition) is 12. The van der Waals surface area contributed by atoms with Crippen molar-refractivity contribution in [2.45, 2.75) is 180 Å². The number of rotatable bonds is 43. The fraction of sp³-hybridized carbons (Fsp3) is 0.952. The van der Waals surface area contributed by atoms with Crippen LogP contribution in [0.3, 0.4) is 0 Å². The van der Waals surface area contributed by atoms with Gasteiger partial charge in [-0.2, -0.15) is 0 Å². The molecule has 0 aliphatic rings. The first-order valence-corrected chi connectivity index (χ1v) is 24.8. The number of esters is 2. The Kier molecular flexibility index (Phi) is 41.6. The first kappa shape index (κ1) is 53.4. The van der Waals surface area contributed by atoms with Crippen LogP contribution in [-0.2, 0) is 19.1 Å². The molecule has 54 heavy (non-hydrogen) atoms. The summed E-state index contributed by atoms with van der Waals surface area (Å²) >= 11 is 0. The Labute approximate surface area is 341 Å². The van der Waals surface area contributed by atoms with E-state index >= 15 is 0 Å². The van der Waals surface area contributed by atoms with E-state index in [2.05, 4.69) is 23.6 Å². The van der Waals surface area contributed by atoms with Gasteiger partial charge in [0.2, 0.25) is 0 Å². The van der Waals surface area contributed by atoms with Gasteiger partial charge in [0.1, 0.15) is 12.2 Å². The number of nitrogens with zero attached hydrogens (tertiary/aromatic N) is 2. The van der Waals surface area contributed by atoms with Crippen LogP contribution in [0.2, 0.25) is 0 Å². The smallest absolute Gasteiger partial charge is 0.320 e. The van der Waals surface area contributed by atoms with Crippen LogP contribution >= 0.6 is 21.6 Å². The molecule has 0 spiro atoms. The highest BCUT2D eigenvalue weighted by Crippen LogP contribution is 2.22. The van der Waals surface area contributed by atoms with Gasteiger partial charge in [-0.3, -0.25) is 19.4 Å². The summed E-state index contributed by atoms with van der Waals surface area (Å²) in [6, 6.07) is 0. The van der Waals surface area contributed by atoms with E-state index in [-0.39, 0.29) is 25.3 Å². The van der Waals surface area contributed by atoms with Gasteiger partial charge in [-0.15, -0.1) is 0 Å². The summed E-state index contributed by atoms with van der Waals surface area (Å²) in [5.41, 5.74) is 23.0. The van der Waals surface area contributed by atoms with Gasteiger partial charge in [0.15, 0.2) is 0 Å². The zero-order valence-corrected chi connectivity index (χ0v) is 36.9. The second kappa shape index (κ2) is 42.0. The second-order valence-electron chi connectivity index (χ2n) is 15.1. The third-order valence-electron chi connectivity index (χ3n) is 10.1. The number of unbranched alkanes of at least 4 members (excludes halogenated alkanes) is 22. The predicted octanol–water partition coefficient (Wildman–Crippen LogP) is 8.03. The zero-order valence-electron chi connectivity index (χ0n) is 35.3. The topological polar surface area (TPSA) is 163 Å². The van der Waals surface area contributed by atoms with Crippen molar-refractivity contribution in [2.24, 2.45) is 22.9 Å². The van der Waals surface area contributed by atoms with Gasteiger partial charge < -0.3 is 32.4 Å². The minimum absolute atomic E-state index is 0.125. The van der Waals surface area contributed by atoms with Crippen LogP contribution in [0.5, 0.6) is 0 Å². The highest BCUT2D eigenvalue weighted by Gasteiger charge is 2.18. The maximum absolute atomic E-state index is 11.9. The molecule has 12 heteroatoms. The van der Waals surface area contributed by atoms with Gasteiger partial charge in [0.25, 0.3) is 0 Å². The lowest BCUT2D eigenvalue weighted by Crippen LogP contribution is -2.42. The van der Waals surface area contributed by atoms with E-state index in [1.165, 1.54) is 141 Å². The molecule has 0 bridgehead atoms. The van der Waals surface area contributed by atoms with E-state index in [4.69, 9.17) is 32.4 Å². The van der Waals surface area contributed by atoms with E-state index in [0.29, 0.717) is 26.2 Å². The lowest BCUT2D eigenvalue weighted by molar-refractivity contribution is -0.148. The molecule has 8 N–H and O–H groups in total. The third kappa shape index (κ3) is 35.8. The standard InChI is InChI=1S/C42H88N6O4S2/c1-3-5-7-9-11-13-15-17-19-21-23-25-27-47(37-39(33-43)51-41(49)35-45)29-31-53-54-32-30-48(38-40(34-44)52-42(50)36-46)28-26-24-22-20-18-16-14-12-10-8-6-4-2/h39-40H,3-38,43-46H2,1-2H3. The predicted molar refractivity (Wildman–Crippen MR) is 236 cm³/mol. The van der Waals surface area contributed by atoms with Crippen LogP contribution in [0.4, 0.5) is 0 Å². The molecule has 2 unspecified atom stereocenters. The second-order valence-corrected chi connectivity index (χ2v) is 17.8. The van der Waals surface area contributed by atoms with Crippen molar-refractivity contribution < 1.29 is 19.1 Å². The summed E-state index contributed by atoms with van der Waals surface area (Å²) in [4.78, 5) is 28.6. The Morgan fingerprint density at radius 2 is 0.722 bits per heavy atom. The summed E-state index contributed by atoms with van der Waals surface area (Å²) < 4.78 is 11.0. The first-order valence-electron chi connectivity index (χ1n) is 22.3. The van der Waals surface area contributed by atoms with Gasteiger partial charge in [-0.1, -0.05) is 177 Å². The normalized spacial score (nSPS) is 12.8. The number of ether oxygens (including phenoxy) is 2. The average Bonchev–Trinajstić information content (AvgIpc) is 3.18.